The topological polar surface area (TPSA) is 27.0 Å². The standard InChI is InChI=1S/C23H21F3N2/c24-23(25,26)19-9-10-22(18(11-19)14-27)17-12-20-7-4-8-21(13-17)28(20)15-16-5-2-1-3-6-16/h1-3,5-6,9-12,20-21H,4,7-8,13,15H2. The third-order valence-corrected chi connectivity index (χ3v) is 5.80. The Kier molecular flexibility index (Phi) is 4.99. The van der Waals surface area contributed by atoms with Gasteiger partial charge in [0.25, 0.3) is 0 Å². The zero-order valence-corrected chi connectivity index (χ0v) is 15.4. The minimum absolute atomic E-state index is 0.107. The van der Waals surface area contributed by atoms with E-state index in [9.17, 15) is 18.4 Å². The van der Waals surface area contributed by atoms with Crippen LogP contribution in [0.3, 0.4) is 0 Å². The van der Waals surface area contributed by atoms with Crippen molar-refractivity contribution in [3.63, 3.8) is 0 Å². The highest BCUT2D eigenvalue weighted by molar-refractivity contribution is 5.73. The van der Waals surface area contributed by atoms with Crippen LogP contribution in [0.15, 0.2) is 54.6 Å². The largest absolute Gasteiger partial charge is 0.416 e. The summed E-state index contributed by atoms with van der Waals surface area (Å²) in [5, 5.41) is 9.43. The second kappa shape index (κ2) is 7.44. The molecule has 2 aliphatic rings. The normalized spacial score (nSPS) is 22.4. The predicted octanol–water partition coefficient (Wildman–Crippen LogP) is 5.79. The smallest absolute Gasteiger partial charge is 0.289 e. The van der Waals surface area contributed by atoms with Crippen molar-refractivity contribution in [1.29, 1.82) is 5.26 Å². The molecule has 2 heterocycles. The molecule has 0 radical (unpaired) electrons. The number of rotatable bonds is 3. The Morgan fingerprint density at radius 1 is 1.07 bits per heavy atom. The van der Waals surface area contributed by atoms with Gasteiger partial charge in [0, 0.05) is 18.6 Å². The first-order valence-electron chi connectivity index (χ1n) is 9.58. The Labute approximate surface area is 162 Å². The van der Waals surface area contributed by atoms with Crippen molar-refractivity contribution in [2.24, 2.45) is 0 Å². The number of alkyl halides is 3. The van der Waals surface area contributed by atoms with Crippen molar-refractivity contribution in [3.8, 4) is 6.07 Å². The van der Waals surface area contributed by atoms with Gasteiger partial charge in [0.2, 0.25) is 0 Å². The minimum Gasteiger partial charge on any atom is -0.289 e. The van der Waals surface area contributed by atoms with Gasteiger partial charge in [-0.3, -0.25) is 4.90 Å². The third-order valence-electron chi connectivity index (χ3n) is 5.80. The lowest BCUT2D eigenvalue weighted by molar-refractivity contribution is -0.137. The molecule has 0 aliphatic carbocycles. The van der Waals surface area contributed by atoms with Gasteiger partial charge in [0.15, 0.2) is 0 Å². The van der Waals surface area contributed by atoms with Crippen LogP contribution in [0.25, 0.3) is 5.57 Å². The first-order valence-corrected chi connectivity index (χ1v) is 9.58. The minimum atomic E-state index is -4.44. The molecule has 0 N–H and O–H groups in total. The van der Waals surface area contributed by atoms with Gasteiger partial charge in [0.05, 0.1) is 17.2 Å². The van der Waals surface area contributed by atoms with Gasteiger partial charge < -0.3 is 0 Å². The molecule has 0 amide bonds. The Balaban J connectivity index is 1.65. The third kappa shape index (κ3) is 3.70. The van der Waals surface area contributed by atoms with E-state index in [1.165, 1.54) is 11.6 Å². The number of nitriles is 1. The lowest BCUT2D eigenvalue weighted by atomic mass is 9.81. The number of benzene rings is 2. The Morgan fingerprint density at radius 3 is 2.54 bits per heavy atom. The molecule has 0 aromatic heterocycles. The zero-order valence-electron chi connectivity index (χ0n) is 15.4. The average Bonchev–Trinajstić information content (AvgIpc) is 2.67. The Bertz CT molecular complexity index is 925. The molecule has 2 unspecified atom stereocenters. The molecule has 144 valence electrons. The van der Waals surface area contributed by atoms with Crippen molar-refractivity contribution < 1.29 is 13.2 Å². The number of fused-ring (bicyclic) bond motifs is 2. The second-order valence-corrected chi connectivity index (χ2v) is 7.58. The van der Waals surface area contributed by atoms with E-state index in [0.29, 0.717) is 11.6 Å². The Morgan fingerprint density at radius 2 is 1.86 bits per heavy atom. The molecule has 1 saturated heterocycles. The first-order chi connectivity index (χ1) is 13.5. The van der Waals surface area contributed by atoms with Crippen LogP contribution in [0.4, 0.5) is 13.2 Å². The van der Waals surface area contributed by atoms with Crippen molar-refractivity contribution in [2.75, 3.05) is 0 Å². The molecular formula is C23H21F3N2. The highest BCUT2D eigenvalue weighted by Crippen LogP contribution is 2.40. The van der Waals surface area contributed by atoms with Crippen LogP contribution < -0.4 is 0 Å². The summed E-state index contributed by atoms with van der Waals surface area (Å²) in [4.78, 5) is 2.50. The maximum absolute atomic E-state index is 13.0. The number of hydrogen-bond donors (Lipinski definition) is 0. The molecule has 2 aromatic rings. The highest BCUT2D eigenvalue weighted by Gasteiger charge is 2.35. The van der Waals surface area contributed by atoms with Gasteiger partial charge in [-0.15, -0.1) is 0 Å². The summed E-state index contributed by atoms with van der Waals surface area (Å²) < 4.78 is 39.0. The summed E-state index contributed by atoms with van der Waals surface area (Å²) in [5.74, 6) is 0. The van der Waals surface area contributed by atoms with Gasteiger partial charge in [-0.2, -0.15) is 18.4 Å². The molecule has 0 saturated carbocycles. The number of hydrogen-bond acceptors (Lipinski definition) is 2. The lowest BCUT2D eigenvalue weighted by Gasteiger charge is -2.45. The molecule has 1 fully saturated rings. The van der Waals surface area contributed by atoms with E-state index in [1.54, 1.807) is 0 Å². The molecule has 5 heteroatoms. The van der Waals surface area contributed by atoms with Gasteiger partial charge in [-0.25, -0.2) is 0 Å². The SMILES string of the molecule is N#Cc1cc(C(F)(F)F)ccc1C1=CC2CCCC(C1)N2Cc1ccccc1. The fraction of sp³-hybridized carbons (Fsp3) is 0.348. The molecule has 2 bridgehead atoms. The molecule has 2 atom stereocenters. The molecule has 28 heavy (non-hydrogen) atoms. The summed E-state index contributed by atoms with van der Waals surface area (Å²) >= 11 is 0. The van der Waals surface area contributed by atoms with Crippen LogP contribution in [0.2, 0.25) is 0 Å². The van der Waals surface area contributed by atoms with Gasteiger partial charge in [-0.1, -0.05) is 48.9 Å². The second-order valence-electron chi connectivity index (χ2n) is 7.58. The molecule has 0 spiro atoms. The summed E-state index contributed by atoms with van der Waals surface area (Å²) in [6.07, 6.45) is 1.76. The summed E-state index contributed by atoms with van der Waals surface area (Å²) in [6.45, 7) is 0.873. The summed E-state index contributed by atoms with van der Waals surface area (Å²) in [7, 11) is 0. The number of halogens is 3. The number of nitrogens with zero attached hydrogens (tertiary/aromatic N) is 2. The van der Waals surface area contributed by atoms with Crippen LogP contribution in [0.1, 0.15) is 47.9 Å². The summed E-state index contributed by atoms with van der Waals surface area (Å²) in [6, 6.07) is 16.4. The quantitative estimate of drug-likeness (QED) is 0.672. The van der Waals surface area contributed by atoms with E-state index < -0.39 is 11.7 Å². The van der Waals surface area contributed by atoms with Gasteiger partial charge in [-0.05, 0) is 48.1 Å². The predicted molar refractivity (Wildman–Crippen MR) is 102 cm³/mol. The van der Waals surface area contributed by atoms with Crippen LogP contribution >= 0.6 is 0 Å². The van der Waals surface area contributed by atoms with E-state index in [0.717, 1.165) is 49.9 Å². The van der Waals surface area contributed by atoms with Gasteiger partial charge in [0.1, 0.15) is 0 Å². The van der Waals surface area contributed by atoms with E-state index in [1.807, 2.05) is 24.3 Å². The lowest BCUT2D eigenvalue weighted by Crippen LogP contribution is -2.47. The molecule has 2 aliphatic heterocycles. The van der Waals surface area contributed by atoms with E-state index in [4.69, 9.17) is 0 Å². The van der Waals surface area contributed by atoms with Crippen LogP contribution in [0.5, 0.6) is 0 Å². The maximum atomic E-state index is 13.0. The number of piperidine rings is 1. The average molecular weight is 382 g/mol. The van der Waals surface area contributed by atoms with Crippen molar-refractivity contribution in [3.05, 3.63) is 76.9 Å². The molecular weight excluding hydrogens is 361 g/mol. The fourth-order valence-electron chi connectivity index (χ4n) is 4.45. The molecule has 2 aromatic carbocycles. The molecule has 4 rings (SSSR count). The van der Waals surface area contributed by atoms with Crippen molar-refractivity contribution in [2.45, 2.75) is 50.5 Å². The molecule has 2 nitrogen and oxygen atoms in total. The zero-order chi connectivity index (χ0) is 19.7. The van der Waals surface area contributed by atoms with E-state index in [-0.39, 0.29) is 11.6 Å². The van der Waals surface area contributed by atoms with Crippen molar-refractivity contribution >= 4 is 5.57 Å². The van der Waals surface area contributed by atoms with Gasteiger partial charge >= 0.3 is 6.18 Å². The highest BCUT2D eigenvalue weighted by atomic mass is 19.4. The first kappa shape index (κ1) is 18.8. The van der Waals surface area contributed by atoms with Crippen LogP contribution in [-0.4, -0.2) is 17.0 Å². The fourth-order valence-corrected chi connectivity index (χ4v) is 4.45. The maximum Gasteiger partial charge on any atom is 0.416 e. The van der Waals surface area contributed by atoms with Crippen molar-refractivity contribution in [1.82, 2.24) is 4.90 Å². The van der Waals surface area contributed by atoms with Crippen LogP contribution in [-0.2, 0) is 12.7 Å². The monoisotopic (exact) mass is 382 g/mol. The van der Waals surface area contributed by atoms with Crippen LogP contribution in [0, 0.1) is 11.3 Å². The van der Waals surface area contributed by atoms with E-state index >= 15 is 0 Å². The summed E-state index contributed by atoms with van der Waals surface area (Å²) in [5.41, 5.74) is 2.25. The van der Waals surface area contributed by atoms with E-state index in [2.05, 4.69) is 23.1 Å². The Hall–Kier alpha value is -2.58.